The van der Waals surface area contributed by atoms with E-state index in [2.05, 4.69) is 11.7 Å². The van der Waals surface area contributed by atoms with Crippen molar-refractivity contribution in [1.29, 1.82) is 0 Å². The van der Waals surface area contributed by atoms with Crippen molar-refractivity contribution in [3.63, 3.8) is 0 Å². The number of carbonyl (C=O) groups excluding carboxylic acids is 1. The van der Waals surface area contributed by atoms with Gasteiger partial charge in [0.15, 0.2) is 0 Å². The second kappa shape index (κ2) is 7.66. The highest BCUT2D eigenvalue weighted by molar-refractivity contribution is 5.69. The quantitative estimate of drug-likeness (QED) is 0.517. The number of unbranched alkanes of at least 4 members (excludes halogenated alkanes) is 2. The fraction of sp³-hybridized carbons (Fsp3) is 0.923. The van der Waals surface area contributed by atoms with Gasteiger partial charge in [-0.3, -0.25) is 4.79 Å². The first-order valence-corrected chi connectivity index (χ1v) is 6.48. The van der Waals surface area contributed by atoms with Gasteiger partial charge in [0.25, 0.3) is 0 Å². The molecule has 1 aliphatic rings. The van der Waals surface area contributed by atoms with Gasteiger partial charge in [-0.2, -0.15) is 0 Å². The van der Waals surface area contributed by atoms with E-state index in [-0.39, 0.29) is 12.1 Å². The Kier molecular flexibility index (Phi) is 6.46. The van der Waals surface area contributed by atoms with Crippen LogP contribution < -0.4 is 0 Å². The molecular weight excluding hydrogens is 204 g/mol. The lowest BCUT2D eigenvalue weighted by Crippen LogP contribution is -2.29. The largest absolute Gasteiger partial charge is 0.469 e. The number of carbonyl (C=O) groups is 1. The van der Waals surface area contributed by atoms with Crippen molar-refractivity contribution in [3.05, 3.63) is 0 Å². The maximum Gasteiger partial charge on any atom is 0.308 e. The zero-order valence-corrected chi connectivity index (χ0v) is 10.5. The summed E-state index contributed by atoms with van der Waals surface area (Å²) in [6.07, 6.45) is 9.13. The van der Waals surface area contributed by atoms with E-state index in [1.165, 1.54) is 32.8 Å². The van der Waals surface area contributed by atoms with Gasteiger partial charge in [0.2, 0.25) is 0 Å². The van der Waals surface area contributed by atoms with Crippen LogP contribution in [-0.2, 0) is 14.3 Å². The Hall–Kier alpha value is -0.570. The molecule has 1 fully saturated rings. The van der Waals surface area contributed by atoms with Crippen LogP contribution in [0.2, 0.25) is 0 Å². The van der Waals surface area contributed by atoms with E-state index >= 15 is 0 Å². The predicted octanol–water partition coefficient (Wildman–Crippen LogP) is 3.07. The summed E-state index contributed by atoms with van der Waals surface area (Å²) in [5, 5.41) is 0. The molecule has 0 aromatic heterocycles. The van der Waals surface area contributed by atoms with Crippen molar-refractivity contribution < 1.29 is 14.3 Å². The molecule has 0 saturated carbocycles. The van der Waals surface area contributed by atoms with Crippen LogP contribution in [0.15, 0.2) is 0 Å². The van der Waals surface area contributed by atoms with Crippen molar-refractivity contribution in [3.8, 4) is 0 Å². The Morgan fingerprint density at radius 1 is 1.31 bits per heavy atom. The van der Waals surface area contributed by atoms with Gasteiger partial charge in [-0.05, 0) is 25.7 Å². The third-order valence-corrected chi connectivity index (χ3v) is 3.19. The maximum absolute atomic E-state index is 11.1. The number of hydrogen-bond acceptors (Lipinski definition) is 3. The summed E-state index contributed by atoms with van der Waals surface area (Å²) in [4.78, 5) is 11.1. The molecule has 0 unspecified atom stereocenters. The summed E-state index contributed by atoms with van der Waals surface area (Å²) >= 11 is 0. The Morgan fingerprint density at radius 3 is 2.75 bits per heavy atom. The standard InChI is InChI=1S/C13H24O3/c1-3-4-5-7-11-8-6-9-12(16-11)10-13(14)15-2/h11-12H,3-10H2,1-2H3/t11-,12+/m0/s1. The Bertz CT molecular complexity index is 203. The van der Waals surface area contributed by atoms with Crippen molar-refractivity contribution in [2.75, 3.05) is 7.11 Å². The molecule has 0 N–H and O–H groups in total. The van der Waals surface area contributed by atoms with Crippen molar-refractivity contribution >= 4 is 5.97 Å². The van der Waals surface area contributed by atoms with Crippen LogP contribution in [-0.4, -0.2) is 25.3 Å². The molecular formula is C13H24O3. The van der Waals surface area contributed by atoms with E-state index in [9.17, 15) is 4.79 Å². The van der Waals surface area contributed by atoms with Gasteiger partial charge in [0, 0.05) is 0 Å². The van der Waals surface area contributed by atoms with Gasteiger partial charge in [0.05, 0.1) is 25.7 Å². The first-order chi connectivity index (χ1) is 7.76. The third kappa shape index (κ3) is 4.97. The molecule has 1 rings (SSSR count). The normalized spacial score (nSPS) is 25.4. The van der Waals surface area contributed by atoms with Crippen LogP contribution >= 0.6 is 0 Å². The molecule has 1 saturated heterocycles. The van der Waals surface area contributed by atoms with Gasteiger partial charge in [-0.15, -0.1) is 0 Å². The number of hydrogen-bond donors (Lipinski definition) is 0. The highest BCUT2D eigenvalue weighted by Gasteiger charge is 2.24. The van der Waals surface area contributed by atoms with Crippen LogP contribution in [0.25, 0.3) is 0 Å². The molecule has 94 valence electrons. The van der Waals surface area contributed by atoms with Crippen LogP contribution in [0.3, 0.4) is 0 Å². The summed E-state index contributed by atoms with van der Waals surface area (Å²) in [6, 6.07) is 0. The first kappa shape index (κ1) is 13.5. The molecule has 1 aliphatic heterocycles. The van der Waals surface area contributed by atoms with E-state index in [0.29, 0.717) is 12.5 Å². The summed E-state index contributed by atoms with van der Waals surface area (Å²) in [5.74, 6) is -0.154. The highest BCUT2D eigenvalue weighted by Crippen LogP contribution is 2.24. The molecule has 0 bridgehead atoms. The monoisotopic (exact) mass is 228 g/mol. The molecule has 16 heavy (non-hydrogen) atoms. The average Bonchev–Trinajstić information content (AvgIpc) is 2.30. The van der Waals surface area contributed by atoms with Crippen LogP contribution in [0.4, 0.5) is 0 Å². The molecule has 0 aliphatic carbocycles. The second-order valence-electron chi connectivity index (χ2n) is 4.59. The zero-order valence-electron chi connectivity index (χ0n) is 10.5. The third-order valence-electron chi connectivity index (χ3n) is 3.19. The first-order valence-electron chi connectivity index (χ1n) is 6.48. The minimum atomic E-state index is -0.154. The molecule has 3 nitrogen and oxygen atoms in total. The van der Waals surface area contributed by atoms with E-state index in [1.54, 1.807) is 0 Å². The molecule has 0 aromatic carbocycles. The Morgan fingerprint density at radius 2 is 2.06 bits per heavy atom. The van der Waals surface area contributed by atoms with Crippen LogP contribution in [0.5, 0.6) is 0 Å². The predicted molar refractivity (Wildman–Crippen MR) is 63.3 cm³/mol. The van der Waals surface area contributed by atoms with E-state index in [0.717, 1.165) is 19.3 Å². The molecule has 1 heterocycles. The summed E-state index contributed by atoms with van der Waals surface area (Å²) in [5.41, 5.74) is 0. The smallest absolute Gasteiger partial charge is 0.308 e. The average molecular weight is 228 g/mol. The number of methoxy groups -OCH3 is 1. The van der Waals surface area contributed by atoms with Gasteiger partial charge >= 0.3 is 5.97 Å². The van der Waals surface area contributed by atoms with E-state index in [4.69, 9.17) is 4.74 Å². The van der Waals surface area contributed by atoms with E-state index < -0.39 is 0 Å². The Balaban J connectivity index is 2.21. The molecule has 0 aromatic rings. The lowest BCUT2D eigenvalue weighted by molar-refractivity contribution is -0.147. The molecule has 2 atom stereocenters. The lowest BCUT2D eigenvalue weighted by atomic mass is 9.98. The topological polar surface area (TPSA) is 35.5 Å². The SMILES string of the molecule is CCCCC[C@H]1CCC[C@H](CC(=O)OC)O1. The van der Waals surface area contributed by atoms with Crippen molar-refractivity contribution in [2.45, 2.75) is 70.5 Å². The van der Waals surface area contributed by atoms with Gasteiger partial charge in [0.1, 0.15) is 0 Å². The van der Waals surface area contributed by atoms with Crippen molar-refractivity contribution in [1.82, 2.24) is 0 Å². The zero-order chi connectivity index (χ0) is 11.8. The van der Waals surface area contributed by atoms with Gasteiger partial charge in [-0.1, -0.05) is 26.2 Å². The van der Waals surface area contributed by atoms with Gasteiger partial charge in [-0.25, -0.2) is 0 Å². The lowest BCUT2D eigenvalue weighted by Gasteiger charge is -2.29. The molecule has 3 heteroatoms. The Labute approximate surface area is 98.5 Å². The molecule has 0 spiro atoms. The highest BCUT2D eigenvalue weighted by atomic mass is 16.5. The van der Waals surface area contributed by atoms with E-state index in [1.807, 2.05) is 0 Å². The minimum Gasteiger partial charge on any atom is -0.469 e. The van der Waals surface area contributed by atoms with Crippen LogP contribution in [0, 0.1) is 0 Å². The summed E-state index contributed by atoms with van der Waals surface area (Å²) < 4.78 is 10.6. The fourth-order valence-electron chi connectivity index (χ4n) is 2.24. The minimum absolute atomic E-state index is 0.0906. The number of esters is 1. The summed E-state index contributed by atoms with van der Waals surface area (Å²) in [7, 11) is 1.43. The van der Waals surface area contributed by atoms with Crippen LogP contribution in [0.1, 0.15) is 58.3 Å². The maximum atomic E-state index is 11.1. The summed E-state index contributed by atoms with van der Waals surface area (Å²) in [6.45, 7) is 2.21. The second-order valence-corrected chi connectivity index (χ2v) is 4.59. The van der Waals surface area contributed by atoms with Crippen molar-refractivity contribution in [2.24, 2.45) is 0 Å². The number of ether oxygens (including phenoxy) is 2. The number of rotatable bonds is 6. The molecule has 0 radical (unpaired) electrons. The molecule has 0 amide bonds. The fourth-order valence-corrected chi connectivity index (χ4v) is 2.24. The van der Waals surface area contributed by atoms with Gasteiger partial charge < -0.3 is 9.47 Å².